The molecule has 112 valence electrons. The van der Waals surface area contributed by atoms with Crippen molar-refractivity contribution >= 4 is 23.6 Å². The number of hydrogen-bond acceptors (Lipinski definition) is 3. The van der Waals surface area contributed by atoms with E-state index in [2.05, 4.69) is 4.98 Å². The van der Waals surface area contributed by atoms with Gasteiger partial charge in [0.15, 0.2) is 0 Å². The van der Waals surface area contributed by atoms with E-state index in [-0.39, 0.29) is 5.52 Å². The van der Waals surface area contributed by atoms with Crippen LogP contribution in [0.2, 0.25) is 0 Å². The van der Waals surface area contributed by atoms with Crippen molar-refractivity contribution in [1.82, 2.24) is 9.55 Å². The molecule has 0 fully saturated rings. The van der Waals surface area contributed by atoms with Crippen molar-refractivity contribution < 1.29 is 23.2 Å². The summed E-state index contributed by atoms with van der Waals surface area (Å²) in [6, 6.07) is 9.68. The van der Waals surface area contributed by atoms with Gasteiger partial charge in [-0.15, -0.1) is 0 Å². The lowest BCUT2D eigenvalue weighted by Gasteiger charge is -2.08. The minimum atomic E-state index is -4.41. The summed E-state index contributed by atoms with van der Waals surface area (Å²) >= 11 is 0. The third-order valence-electron chi connectivity index (χ3n) is 3.34. The lowest BCUT2D eigenvalue weighted by Crippen LogP contribution is -2.29. The highest BCUT2D eigenvalue weighted by Crippen LogP contribution is 2.31. The zero-order chi connectivity index (χ0) is 15.9. The zero-order valence-corrected chi connectivity index (χ0v) is 11.1. The molecule has 0 radical (unpaired) electrons. The molecule has 0 bridgehead atoms. The van der Waals surface area contributed by atoms with Crippen molar-refractivity contribution in [3.63, 3.8) is 0 Å². The van der Waals surface area contributed by atoms with E-state index < -0.39 is 18.9 Å². The molecule has 8 heteroatoms. The molecule has 0 amide bonds. The number of alkyl halides is 3. The van der Waals surface area contributed by atoms with Crippen molar-refractivity contribution in [3.05, 3.63) is 54.4 Å². The second-order valence-corrected chi connectivity index (χ2v) is 4.78. The minimum Gasteiger partial charge on any atom is -0.423 e. The van der Waals surface area contributed by atoms with Gasteiger partial charge < -0.3 is 10.0 Å². The van der Waals surface area contributed by atoms with Crippen LogP contribution in [0.25, 0.3) is 16.7 Å². The number of benzene rings is 2. The van der Waals surface area contributed by atoms with Crippen LogP contribution in [-0.2, 0) is 6.18 Å². The second-order valence-electron chi connectivity index (χ2n) is 4.78. The second kappa shape index (κ2) is 5.15. The molecular weight excluding hydrogens is 296 g/mol. The molecule has 2 N–H and O–H groups in total. The van der Waals surface area contributed by atoms with E-state index in [1.54, 1.807) is 16.7 Å². The van der Waals surface area contributed by atoms with Gasteiger partial charge in [-0.3, -0.25) is 4.57 Å². The topological polar surface area (TPSA) is 58.3 Å². The van der Waals surface area contributed by atoms with Crippen LogP contribution in [0.5, 0.6) is 0 Å². The Morgan fingerprint density at radius 1 is 1.00 bits per heavy atom. The van der Waals surface area contributed by atoms with E-state index in [1.807, 2.05) is 0 Å². The van der Waals surface area contributed by atoms with Gasteiger partial charge in [-0.05, 0) is 35.8 Å². The maximum absolute atomic E-state index is 12.7. The fourth-order valence-corrected chi connectivity index (χ4v) is 2.20. The van der Waals surface area contributed by atoms with Gasteiger partial charge in [-0.25, -0.2) is 4.98 Å². The summed E-state index contributed by atoms with van der Waals surface area (Å²) in [5, 5.41) is 18.1. The quantitative estimate of drug-likeness (QED) is 0.709. The molecule has 0 spiro atoms. The van der Waals surface area contributed by atoms with Crippen molar-refractivity contribution in [2.24, 2.45) is 0 Å². The monoisotopic (exact) mass is 306 g/mol. The average Bonchev–Trinajstić information content (AvgIpc) is 2.89. The van der Waals surface area contributed by atoms with Crippen molar-refractivity contribution in [1.29, 1.82) is 0 Å². The molecule has 0 unspecified atom stereocenters. The van der Waals surface area contributed by atoms with Crippen molar-refractivity contribution in [3.8, 4) is 5.69 Å². The highest BCUT2D eigenvalue weighted by atomic mass is 19.4. The number of hydrogen-bond donors (Lipinski definition) is 2. The Morgan fingerprint density at radius 2 is 1.68 bits per heavy atom. The molecule has 3 rings (SSSR count). The number of halogens is 3. The van der Waals surface area contributed by atoms with Gasteiger partial charge in [0, 0.05) is 5.69 Å². The Morgan fingerprint density at radius 3 is 2.27 bits per heavy atom. The highest BCUT2D eigenvalue weighted by Gasteiger charge is 2.30. The summed E-state index contributed by atoms with van der Waals surface area (Å²) in [5.41, 5.74) is 1.01. The van der Waals surface area contributed by atoms with Crippen molar-refractivity contribution in [2.45, 2.75) is 6.18 Å². The average molecular weight is 306 g/mol. The number of fused-ring (bicyclic) bond motifs is 1. The van der Waals surface area contributed by atoms with Crippen LogP contribution in [0.4, 0.5) is 13.2 Å². The van der Waals surface area contributed by atoms with E-state index in [0.29, 0.717) is 16.7 Å². The molecule has 3 aromatic rings. The number of nitrogens with zero attached hydrogens (tertiary/aromatic N) is 2. The van der Waals surface area contributed by atoms with Gasteiger partial charge in [-0.2, -0.15) is 13.2 Å². The van der Waals surface area contributed by atoms with Crippen LogP contribution in [0, 0.1) is 0 Å². The molecule has 4 nitrogen and oxygen atoms in total. The normalized spacial score (nSPS) is 11.9. The number of aromatic nitrogens is 2. The largest absolute Gasteiger partial charge is 0.488 e. The third-order valence-corrected chi connectivity index (χ3v) is 3.34. The third kappa shape index (κ3) is 2.58. The van der Waals surface area contributed by atoms with E-state index in [0.717, 1.165) is 12.1 Å². The summed E-state index contributed by atoms with van der Waals surface area (Å²) < 4.78 is 39.7. The smallest absolute Gasteiger partial charge is 0.423 e. The Labute approximate surface area is 123 Å². The molecule has 0 atom stereocenters. The maximum atomic E-state index is 12.7. The van der Waals surface area contributed by atoms with E-state index in [4.69, 9.17) is 10.0 Å². The number of imidazole rings is 1. The zero-order valence-electron chi connectivity index (χ0n) is 11.1. The summed E-state index contributed by atoms with van der Waals surface area (Å²) in [7, 11) is -1.57. The summed E-state index contributed by atoms with van der Waals surface area (Å²) in [6.45, 7) is 0. The molecule has 1 aromatic heterocycles. The van der Waals surface area contributed by atoms with Gasteiger partial charge in [0.05, 0.1) is 16.6 Å². The lowest BCUT2D eigenvalue weighted by atomic mass is 9.80. The summed E-state index contributed by atoms with van der Waals surface area (Å²) in [5.74, 6) is 0. The first-order valence-electron chi connectivity index (χ1n) is 6.37. The first kappa shape index (κ1) is 14.6. The Hall–Kier alpha value is -2.32. The fourth-order valence-electron chi connectivity index (χ4n) is 2.20. The maximum Gasteiger partial charge on any atom is 0.488 e. The van der Waals surface area contributed by atoms with Crippen LogP contribution in [0.15, 0.2) is 48.8 Å². The first-order chi connectivity index (χ1) is 10.4. The Balaban J connectivity index is 2.05. The van der Waals surface area contributed by atoms with Gasteiger partial charge in [0.1, 0.15) is 6.33 Å². The van der Waals surface area contributed by atoms with Crippen LogP contribution < -0.4 is 5.46 Å². The van der Waals surface area contributed by atoms with Crippen LogP contribution in [-0.4, -0.2) is 26.7 Å². The van der Waals surface area contributed by atoms with Gasteiger partial charge in [-0.1, -0.05) is 12.1 Å². The Bertz CT molecular complexity index is 813. The molecule has 2 aromatic carbocycles. The summed E-state index contributed by atoms with van der Waals surface area (Å²) in [6.07, 6.45) is -2.98. The molecular formula is C14H10BF3N2O2. The number of rotatable bonds is 2. The lowest BCUT2D eigenvalue weighted by molar-refractivity contribution is -0.137. The Kier molecular flexibility index (Phi) is 3.42. The molecule has 1 heterocycles. The van der Waals surface area contributed by atoms with Crippen molar-refractivity contribution in [2.75, 3.05) is 0 Å². The van der Waals surface area contributed by atoms with E-state index in [1.165, 1.54) is 24.5 Å². The molecule has 0 aliphatic heterocycles. The predicted molar refractivity (Wildman–Crippen MR) is 75.9 cm³/mol. The molecule has 0 saturated heterocycles. The van der Waals surface area contributed by atoms with Gasteiger partial charge in [0.2, 0.25) is 0 Å². The van der Waals surface area contributed by atoms with Gasteiger partial charge in [0.25, 0.3) is 0 Å². The first-order valence-corrected chi connectivity index (χ1v) is 6.37. The van der Waals surface area contributed by atoms with Crippen LogP contribution in [0.3, 0.4) is 0 Å². The van der Waals surface area contributed by atoms with Crippen LogP contribution >= 0.6 is 0 Å². The van der Waals surface area contributed by atoms with E-state index >= 15 is 0 Å². The highest BCUT2D eigenvalue weighted by molar-refractivity contribution is 6.58. The molecule has 0 saturated carbocycles. The standard InChI is InChI=1S/C14H10BF3N2O2/c16-14(17,18)9-1-6-13-12(7-9)19-8-20(13)11-4-2-10(3-5-11)15(21)22/h1-8,21-22H. The summed E-state index contributed by atoms with van der Waals surface area (Å²) in [4.78, 5) is 3.99. The van der Waals surface area contributed by atoms with E-state index in [9.17, 15) is 13.2 Å². The SMILES string of the molecule is OB(O)c1ccc(-n2cnc3cc(C(F)(F)F)ccc32)cc1. The fraction of sp³-hybridized carbons (Fsp3) is 0.0714. The molecule has 0 aliphatic rings. The van der Waals surface area contributed by atoms with Crippen LogP contribution in [0.1, 0.15) is 5.56 Å². The minimum absolute atomic E-state index is 0.237. The predicted octanol–water partition coefficient (Wildman–Crippen LogP) is 1.72. The van der Waals surface area contributed by atoms with Gasteiger partial charge >= 0.3 is 13.3 Å². The molecule has 0 aliphatic carbocycles. The molecule has 22 heavy (non-hydrogen) atoms.